The monoisotopic (exact) mass is 479 g/mol. The molecule has 0 amide bonds. The standard InChI is InChI=1S/C35H29NO/c1-21(2)22(3)23-15-16-36-33(19-23)26-12-14-34-32(18-26)30-13-11-25(20-35(30)37-34)28-9-6-10-29-27-8-5-4-7-24(27)17-31(28)29/h4-16,18-22H,17H2,1-3H3. The second-order valence-electron chi connectivity index (χ2n) is 10.7. The first-order chi connectivity index (χ1) is 18.1. The smallest absolute Gasteiger partial charge is 0.136 e. The average molecular weight is 480 g/mol. The molecule has 0 N–H and O–H groups in total. The molecule has 37 heavy (non-hydrogen) atoms. The molecular weight excluding hydrogens is 450 g/mol. The Balaban J connectivity index is 1.30. The Morgan fingerprint density at radius 2 is 1.49 bits per heavy atom. The Hall–Kier alpha value is -4.17. The van der Waals surface area contributed by atoms with Gasteiger partial charge in [0.15, 0.2) is 0 Å². The van der Waals surface area contributed by atoms with E-state index in [0.29, 0.717) is 11.8 Å². The summed E-state index contributed by atoms with van der Waals surface area (Å²) in [5.41, 5.74) is 13.3. The molecule has 0 saturated carbocycles. The van der Waals surface area contributed by atoms with Crippen LogP contribution in [0.15, 0.2) is 102 Å². The highest BCUT2D eigenvalue weighted by Gasteiger charge is 2.21. The summed E-state index contributed by atoms with van der Waals surface area (Å²) >= 11 is 0. The lowest BCUT2D eigenvalue weighted by Gasteiger charge is -2.16. The lowest BCUT2D eigenvalue weighted by molar-refractivity contribution is 0.535. The minimum Gasteiger partial charge on any atom is -0.456 e. The molecule has 1 aliphatic rings. The largest absolute Gasteiger partial charge is 0.456 e. The summed E-state index contributed by atoms with van der Waals surface area (Å²) in [5.74, 6) is 1.08. The van der Waals surface area contributed by atoms with Gasteiger partial charge < -0.3 is 4.42 Å². The van der Waals surface area contributed by atoms with Crippen molar-refractivity contribution in [3.05, 3.63) is 114 Å². The van der Waals surface area contributed by atoms with E-state index in [1.807, 2.05) is 6.20 Å². The number of furan rings is 1. The fourth-order valence-electron chi connectivity index (χ4n) is 5.80. The van der Waals surface area contributed by atoms with Gasteiger partial charge in [0.2, 0.25) is 0 Å². The highest BCUT2D eigenvalue weighted by atomic mass is 16.3. The summed E-state index contributed by atoms with van der Waals surface area (Å²) in [7, 11) is 0. The van der Waals surface area contributed by atoms with E-state index in [0.717, 1.165) is 39.6 Å². The van der Waals surface area contributed by atoms with Crippen molar-refractivity contribution in [2.45, 2.75) is 33.1 Å². The van der Waals surface area contributed by atoms with E-state index in [1.165, 1.54) is 38.9 Å². The molecular formula is C35H29NO. The maximum absolute atomic E-state index is 6.36. The molecule has 2 heterocycles. The van der Waals surface area contributed by atoms with Gasteiger partial charge in [-0.3, -0.25) is 4.98 Å². The third kappa shape index (κ3) is 3.59. The Morgan fingerprint density at radius 1 is 0.676 bits per heavy atom. The van der Waals surface area contributed by atoms with Crippen LogP contribution in [0.2, 0.25) is 0 Å². The molecule has 2 heteroatoms. The van der Waals surface area contributed by atoms with Crippen LogP contribution in [-0.4, -0.2) is 4.98 Å². The van der Waals surface area contributed by atoms with Crippen LogP contribution >= 0.6 is 0 Å². The third-order valence-electron chi connectivity index (χ3n) is 8.24. The average Bonchev–Trinajstić information content (AvgIpc) is 3.50. The normalized spacial score (nSPS) is 13.3. The second-order valence-corrected chi connectivity index (χ2v) is 10.7. The zero-order valence-corrected chi connectivity index (χ0v) is 21.5. The molecule has 4 aromatic carbocycles. The van der Waals surface area contributed by atoms with Crippen LogP contribution in [0.25, 0.3) is 55.4 Å². The summed E-state index contributed by atoms with van der Waals surface area (Å²) in [6.45, 7) is 6.82. The van der Waals surface area contributed by atoms with Crippen molar-refractivity contribution in [3.63, 3.8) is 0 Å². The SMILES string of the molecule is CC(C)C(C)c1ccnc(-c2ccc3oc4cc(-c5cccc6c5Cc5ccccc5-6)ccc4c3c2)c1. The highest BCUT2D eigenvalue weighted by Crippen LogP contribution is 2.42. The first-order valence-electron chi connectivity index (χ1n) is 13.2. The van der Waals surface area contributed by atoms with Crippen LogP contribution in [0.4, 0.5) is 0 Å². The van der Waals surface area contributed by atoms with Crippen molar-refractivity contribution in [1.82, 2.24) is 4.98 Å². The zero-order chi connectivity index (χ0) is 25.1. The van der Waals surface area contributed by atoms with Gasteiger partial charge >= 0.3 is 0 Å². The Bertz CT molecular complexity index is 1810. The lowest BCUT2D eigenvalue weighted by Crippen LogP contribution is -2.02. The van der Waals surface area contributed by atoms with Gasteiger partial charge in [-0.1, -0.05) is 69.3 Å². The van der Waals surface area contributed by atoms with Crippen LogP contribution in [0.3, 0.4) is 0 Å². The molecule has 0 saturated heterocycles. The predicted octanol–water partition coefficient (Wildman–Crippen LogP) is 9.65. The van der Waals surface area contributed by atoms with Gasteiger partial charge in [-0.15, -0.1) is 0 Å². The molecule has 7 rings (SSSR count). The van der Waals surface area contributed by atoms with E-state index in [9.17, 15) is 0 Å². The maximum Gasteiger partial charge on any atom is 0.136 e. The van der Waals surface area contributed by atoms with E-state index in [2.05, 4.69) is 112 Å². The number of hydrogen-bond acceptors (Lipinski definition) is 2. The molecule has 0 aliphatic heterocycles. The summed E-state index contributed by atoms with van der Waals surface area (Å²) in [5, 5.41) is 2.28. The number of nitrogens with zero attached hydrogens (tertiary/aromatic N) is 1. The van der Waals surface area contributed by atoms with Gasteiger partial charge in [0.05, 0.1) is 5.69 Å². The number of aromatic nitrogens is 1. The minimum atomic E-state index is 0.492. The number of fused-ring (bicyclic) bond motifs is 6. The molecule has 1 aliphatic carbocycles. The van der Waals surface area contributed by atoms with E-state index in [1.54, 1.807) is 0 Å². The summed E-state index contributed by atoms with van der Waals surface area (Å²) in [6, 6.07) is 32.9. The van der Waals surface area contributed by atoms with Crippen LogP contribution < -0.4 is 0 Å². The van der Waals surface area contributed by atoms with Crippen molar-refractivity contribution in [2.75, 3.05) is 0 Å². The highest BCUT2D eigenvalue weighted by molar-refractivity contribution is 6.07. The predicted molar refractivity (Wildman–Crippen MR) is 154 cm³/mol. The Labute approximate surface area is 217 Å². The van der Waals surface area contributed by atoms with E-state index in [-0.39, 0.29) is 0 Å². The van der Waals surface area contributed by atoms with E-state index in [4.69, 9.17) is 9.40 Å². The molecule has 180 valence electrons. The lowest BCUT2D eigenvalue weighted by atomic mass is 9.90. The maximum atomic E-state index is 6.36. The van der Waals surface area contributed by atoms with Gasteiger partial charge in [0.25, 0.3) is 0 Å². The molecule has 1 atom stereocenters. The summed E-state index contributed by atoms with van der Waals surface area (Å²) < 4.78 is 6.36. The molecule has 2 nitrogen and oxygen atoms in total. The molecule has 1 unspecified atom stereocenters. The van der Waals surface area contributed by atoms with Crippen LogP contribution in [0.5, 0.6) is 0 Å². The van der Waals surface area contributed by atoms with Crippen LogP contribution in [0, 0.1) is 5.92 Å². The van der Waals surface area contributed by atoms with Crippen molar-refractivity contribution < 1.29 is 4.42 Å². The Kier molecular flexibility index (Phi) is 5.04. The third-order valence-corrected chi connectivity index (χ3v) is 8.24. The fraction of sp³-hybridized carbons (Fsp3) is 0.171. The van der Waals surface area contributed by atoms with Crippen molar-refractivity contribution in [2.24, 2.45) is 5.92 Å². The number of benzene rings is 4. The van der Waals surface area contributed by atoms with Gasteiger partial charge in [0, 0.05) is 22.5 Å². The first kappa shape index (κ1) is 22.1. The number of pyridine rings is 1. The van der Waals surface area contributed by atoms with Gasteiger partial charge in [-0.2, -0.15) is 0 Å². The van der Waals surface area contributed by atoms with Gasteiger partial charge in [-0.25, -0.2) is 0 Å². The first-order valence-corrected chi connectivity index (χ1v) is 13.2. The summed E-state index contributed by atoms with van der Waals surface area (Å²) in [6.07, 6.45) is 2.91. The number of hydrogen-bond donors (Lipinski definition) is 0. The van der Waals surface area contributed by atoms with Crippen LogP contribution in [-0.2, 0) is 6.42 Å². The molecule has 0 radical (unpaired) electrons. The van der Waals surface area contributed by atoms with Crippen molar-refractivity contribution >= 4 is 21.9 Å². The van der Waals surface area contributed by atoms with E-state index < -0.39 is 0 Å². The molecule has 2 aromatic heterocycles. The van der Waals surface area contributed by atoms with Gasteiger partial charge in [-0.05, 0) is 99.7 Å². The molecule has 0 bridgehead atoms. The summed E-state index contributed by atoms with van der Waals surface area (Å²) in [4.78, 5) is 4.70. The molecule has 6 aromatic rings. The van der Waals surface area contributed by atoms with Crippen molar-refractivity contribution in [3.8, 4) is 33.5 Å². The zero-order valence-electron chi connectivity index (χ0n) is 21.5. The molecule has 0 fully saturated rings. The van der Waals surface area contributed by atoms with E-state index >= 15 is 0 Å². The second kappa shape index (κ2) is 8.45. The quantitative estimate of drug-likeness (QED) is 0.251. The minimum absolute atomic E-state index is 0.492. The van der Waals surface area contributed by atoms with Crippen LogP contribution in [0.1, 0.15) is 43.4 Å². The fourth-order valence-corrected chi connectivity index (χ4v) is 5.80. The van der Waals surface area contributed by atoms with Gasteiger partial charge in [0.1, 0.15) is 11.2 Å². The topological polar surface area (TPSA) is 26.0 Å². The van der Waals surface area contributed by atoms with Crippen molar-refractivity contribution in [1.29, 1.82) is 0 Å². The number of rotatable bonds is 4. The molecule has 0 spiro atoms. The Morgan fingerprint density at radius 3 is 2.38 bits per heavy atom.